The van der Waals surface area contributed by atoms with E-state index in [1.165, 1.54) is 19.3 Å². The molecule has 2 aliphatic heterocycles. The largest absolute Gasteiger partial charge is 0.487 e. The van der Waals surface area contributed by atoms with Crippen molar-refractivity contribution in [3.8, 4) is 5.75 Å². The van der Waals surface area contributed by atoms with E-state index < -0.39 is 6.10 Å². The number of amides is 3. The molecule has 1 aromatic carbocycles. The number of anilines is 1. The second-order valence-corrected chi connectivity index (χ2v) is 10.3. The van der Waals surface area contributed by atoms with Gasteiger partial charge in [-0.2, -0.15) is 0 Å². The number of hydrogen-bond donors (Lipinski definition) is 4. The van der Waals surface area contributed by atoms with Crippen LogP contribution in [0, 0.1) is 0 Å². The van der Waals surface area contributed by atoms with Crippen molar-refractivity contribution in [2.75, 3.05) is 11.9 Å². The zero-order valence-corrected chi connectivity index (χ0v) is 19.8. The molecule has 0 aromatic heterocycles. The molecule has 34 heavy (non-hydrogen) atoms. The number of rotatable bonds is 6. The van der Waals surface area contributed by atoms with Crippen LogP contribution in [0.2, 0.25) is 0 Å². The van der Waals surface area contributed by atoms with E-state index in [2.05, 4.69) is 16.0 Å². The fourth-order valence-electron chi connectivity index (χ4n) is 6.13. The highest BCUT2D eigenvalue weighted by molar-refractivity contribution is 5.89. The molecule has 0 spiro atoms. The van der Waals surface area contributed by atoms with E-state index in [0.29, 0.717) is 6.42 Å². The molecule has 8 nitrogen and oxygen atoms in total. The molecule has 186 valence electrons. The highest BCUT2D eigenvalue weighted by Gasteiger charge is 2.46. The predicted molar refractivity (Wildman–Crippen MR) is 128 cm³/mol. The summed E-state index contributed by atoms with van der Waals surface area (Å²) in [5.41, 5.74) is 1.72. The van der Waals surface area contributed by atoms with Gasteiger partial charge in [0.05, 0.1) is 19.1 Å². The number of aliphatic hydroxyl groups is 1. The number of fused-ring (bicyclic) bond motifs is 3. The number of carbonyl (C=O) groups excluding carboxylic acids is 2. The maximum absolute atomic E-state index is 12.7. The molecular formula is C26H37N3O5. The van der Waals surface area contributed by atoms with E-state index in [9.17, 15) is 14.7 Å². The minimum absolute atomic E-state index is 0.00743. The number of aliphatic hydroxyl groups excluding tert-OH is 1. The minimum Gasteiger partial charge on any atom is -0.487 e. The van der Waals surface area contributed by atoms with E-state index in [4.69, 9.17) is 9.47 Å². The Hall–Kier alpha value is -2.32. The van der Waals surface area contributed by atoms with E-state index in [0.717, 1.165) is 55.5 Å². The Labute approximate surface area is 201 Å². The Kier molecular flexibility index (Phi) is 7.25. The maximum atomic E-state index is 12.7. The van der Waals surface area contributed by atoms with Gasteiger partial charge in [-0.3, -0.25) is 4.79 Å². The zero-order valence-electron chi connectivity index (χ0n) is 19.8. The number of benzene rings is 1. The smallest absolute Gasteiger partial charge is 0.319 e. The summed E-state index contributed by atoms with van der Waals surface area (Å²) in [5, 5.41) is 19.1. The highest BCUT2D eigenvalue weighted by Crippen LogP contribution is 2.47. The van der Waals surface area contributed by atoms with Gasteiger partial charge in [0.25, 0.3) is 0 Å². The summed E-state index contributed by atoms with van der Waals surface area (Å²) in [6, 6.07) is 6.02. The zero-order chi connectivity index (χ0) is 23.5. The van der Waals surface area contributed by atoms with Crippen LogP contribution in [0.25, 0.3) is 0 Å². The Morgan fingerprint density at radius 3 is 2.41 bits per heavy atom. The fourth-order valence-corrected chi connectivity index (χ4v) is 6.13. The quantitative estimate of drug-likeness (QED) is 0.507. The first-order valence-electron chi connectivity index (χ1n) is 13.0. The van der Waals surface area contributed by atoms with Gasteiger partial charge in [0.1, 0.15) is 18.0 Å². The van der Waals surface area contributed by atoms with E-state index in [1.54, 1.807) is 0 Å². The molecule has 1 saturated heterocycles. The van der Waals surface area contributed by atoms with Gasteiger partial charge in [0.15, 0.2) is 0 Å². The molecule has 2 aliphatic carbocycles. The molecule has 4 atom stereocenters. The second kappa shape index (κ2) is 10.5. The Morgan fingerprint density at radius 1 is 0.971 bits per heavy atom. The molecule has 3 amide bonds. The van der Waals surface area contributed by atoms with Crippen LogP contribution in [0.1, 0.15) is 82.1 Å². The summed E-state index contributed by atoms with van der Waals surface area (Å²) in [6.45, 7) is -0.162. The number of ether oxygens (including phenoxy) is 2. The Bertz CT molecular complexity index is 881. The Balaban J connectivity index is 1.23. The summed E-state index contributed by atoms with van der Waals surface area (Å²) >= 11 is 0. The van der Waals surface area contributed by atoms with Gasteiger partial charge in [-0.15, -0.1) is 0 Å². The lowest BCUT2D eigenvalue weighted by molar-refractivity contribution is -0.142. The molecule has 4 N–H and O–H groups in total. The summed E-state index contributed by atoms with van der Waals surface area (Å²) in [6.07, 6.45) is 9.96. The van der Waals surface area contributed by atoms with Crippen LogP contribution in [0.5, 0.6) is 5.75 Å². The molecule has 2 heterocycles. The third-order valence-electron chi connectivity index (χ3n) is 7.83. The van der Waals surface area contributed by atoms with Crippen LogP contribution in [-0.2, 0) is 9.53 Å². The summed E-state index contributed by atoms with van der Waals surface area (Å²) in [7, 11) is 0. The first kappa shape index (κ1) is 23.4. The van der Waals surface area contributed by atoms with Crippen LogP contribution in [-0.4, -0.2) is 54.0 Å². The van der Waals surface area contributed by atoms with Gasteiger partial charge in [-0.25, -0.2) is 4.79 Å². The van der Waals surface area contributed by atoms with Crippen molar-refractivity contribution in [2.24, 2.45) is 0 Å². The molecule has 3 fully saturated rings. The molecule has 2 saturated carbocycles. The van der Waals surface area contributed by atoms with Gasteiger partial charge >= 0.3 is 6.03 Å². The third-order valence-corrected chi connectivity index (χ3v) is 7.83. The van der Waals surface area contributed by atoms with Crippen molar-refractivity contribution in [2.45, 2.75) is 107 Å². The summed E-state index contributed by atoms with van der Waals surface area (Å²) in [4.78, 5) is 25.1. The van der Waals surface area contributed by atoms with Crippen LogP contribution >= 0.6 is 0 Å². The van der Waals surface area contributed by atoms with Crippen molar-refractivity contribution in [3.63, 3.8) is 0 Å². The lowest BCUT2D eigenvalue weighted by Gasteiger charge is -2.37. The van der Waals surface area contributed by atoms with Gasteiger partial charge in [0.2, 0.25) is 5.91 Å². The monoisotopic (exact) mass is 471 g/mol. The van der Waals surface area contributed by atoms with Crippen LogP contribution in [0.3, 0.4) is 0 Å². The second-order valence-electron chi connectivity index (χ2n) is 10.3. The number of urea groups is 1. The topological polar surface area (TPSA) is 109 Å². The third kappa shape index (κ3) is 5.33. The summed E-state index contributed by atoms with van der Waals surface area (Å²) in [5.74, 6) is 0.782. The van der Waals surface area contributed by atoms with E-state index in [1.807, 2.05) is 18.2 Å². The number of nitrogens with one attached hydrogen (secondary N) is 3. The molecule has 0 unspecified atom stereocenters. The highest BCUT2D eigenvalue weighted by atomic mass is 16.6. The van der Waals surface area contributed by atoms with Gasteiger partial charge < -0.3 is 30.5 Å². The minimum atomic E-state index is -0.485. The van der Waals surface area contributed by atoms with Crippen molar-refractivity contribution < 1.29 is 24.2 Å². The predicted octanol–water partition coefficient (Wildman–Crippen LogP) is 3.58. The SMILES string of the molecule is O=C(C[C@H]1C[C@@H]2c3cc(NC(=O)NC4CCCC4)ccc3O[C@@H]2[C@H](CO)O1)NC1CCCCC1. The molecule has 1 aromatic rings. The molecule has 5 rings (SSSR count). The van der Waals surface area contributed by atoms with E-state index >= 15 is 0 Å². The normalized spacial score (nSPS) is 29.1. The van der Waals surface area contributed by atoms with E-state index in [-0.39, 0.29) is 55.2 Å². The fraction of sp³-hybridized carbons (Fsp3) is 0.692. The first-order valence-corrected chi connectivity index (χ1v) is 13.0. The number of hydrogen-bond acceptors (Lipinski definition) is 5. The molecule has 4 aliphatic rings. The average Bonchev–Trinajstić information content (AvgIpc) is 3.47. The van der Waals surface area contributed by atoms with Crippen LogP contribution < -0.4 is 20.7 Å². The van der Waals surface area contributed by atoms with Gasteiger partial charge in [0, 0.05) is 29.3 Å². The van der Waals surface area contributed by atoms with Crippen LogP contribution in [0.4, 0.5) is 10.5 Å². The molecule has 8 heteroatoms. The standard InChI is InChI=1S/C26H37N3O5/c30-15-23-25-21(13-19(33-23)14-24(31)27-16-6-2-1-3-7-16)20-12-18(10-11-22(20)34-25)29-26(32)28-17-8-4-5-9-17/h10-12,16-17,19,21,23,25,30H,1-9,13-15H2,(H,27,31)(H2,28,29,32)/t19-,21-,23+,25+/m1/s1. The van der Waals surface area contributed by atoms with Crippen molar-refractivity contribution in [1.82, 2.24) is 10.6 Å². The molecular weight excluding hydrogens is 434 g/mol. The van der Waals surface area contributed by atoms with Gasteiger partial charge in [-0.1, -0.05) is 32.1 Å². The lowest BCUT2D eigenvalue weighted by Crippen LogP contribution is -2.48. The van der Waals surface area contributed by atoms with Crippen molar-refractivity contribution in [1.29, 1.82) is 0 Å². The lowest BCUT2D eigenvalue weighted by atomic mass is 9.84. The first-order chi connectivity index (χ1) is 16.6. The average molecular weight is 472 g/mol. The van der Waals surface area contributed by atoms with Crippen LogP contribution in [0.15, 0.2) is 18.2 Å². The Morgan fingerprint density at radius 2 is 1.68 bits per heavy atom. The van der Waals surface area contributed by atoms with Gasteiger partial charge in [-0.05, 0) is 50.3 Å². The maximum Gasteiger partial charge on any atom is 0.319 e. The summed E-state index contributed by atoms with van der Waals surface area (Å²) < 4.78 is 12.2. The molecule has 0 radical (unpaired) electrons. The molecule has 0 bridgehead atoms. The van der Waals surface area contributed by atoms with Crippen molar-refractivity contribution >= 4 is 17.6 Å². The number of carbonyl (C=O) groups is 2. The van der Waals surface area contributed by atoms with Crippen molar-refractivity contribution in [3.05, 3.63) is 23.8 Å².